The van der Waals surface area contributed by atoms with Gasteiger partial charge in [0.05, 0.1) is 11.0 Å². The molecule has 0 bridgehead atoms. The zero-order valence-corrected chi connectivity index (χ0v) is 20.0. The summed E-state index contributed by atoms with van der Waals surface area (Å²) in [5.74, 6) is -0.127. The zero-order chi connectivity index (χ0) is 23.9. The Morgan fingerprint density at radius 1 is 0.943 bits per heavy atom. The fourth-order valence-electron chi connectivity index (χ4n) is 5.32. The largest absolute Gasteiger partial charge is 0.367 e. The molecule has 1 aliphatic heterocycles. The van der Waals surface area contributed by atoms with Gasteiger partial charge in [-0.25, -0.2) is 0 Å². The number of aromatic amines is 1. The lowest BCUT2D eigenvalue weighted by molar-refractivity contribution is 0.579. The number of nitrogens with one attached hydrogen (secondary N) is 1. The van der Waals surface area contributed by atoms with Crippen molar-refractivity contribution >= 4 is 22.4 Å². The second-order valence-electron chi connectivity index (χ2n) is 9.37. The summed E-state index contributed by atoms with van der Waals surface area (Å²) in [5.41, 5.74) is 7.86. The lowest BCUT2D eigenvalue weighted by atomic mass is 9.92. The van der Waals surface area contributed by atoms with Gasteiger partial charge in [0, 0.05) is 48.2 Å². The molecule has 7 nitrogen and oxygen atoms in total. The van der Waals surface area contributed by atoms with Gasteiger partial charge in [0.15, 0.2) is 5.65 Å². The van der Waals surface area contributed by atoms with Crippen LogP contribution < -0.4 is 10.5 Å². The van der Waals surface area contributed by atoms with Gasteiger partial charge in [0.1, 0.15) is 11.4 Å². The van der Waals surface area contributed by atoms with Gasteiger partial charge in [-0.1, -0.05) is 43.3 Å². The van der Waals surface area contributed by atoms with E-state index in [9.17, 15) is 4.79 Å². The van der Waals surface area contributed by atoms with Crippen molar-refractivity contribution < 1.29 is 0 Å². The Labute approximate surface area is 203 Å². The summed E-state index contributed by atoms with van der Waals surface area (Å²) in [4.78, 5) is 28.7. The number of rotatable bonds is 4. The third-order valence-electron chi connectivity index (χ3n) is 7.14. The van der Waals surface area contributed by atoms with Crippen LogP contribution in [0.1, 0.15) is 48.9 Å². The van der Waals surface area contributed by atoms with E-state index in [1.165, 1.54) is 6.42 Å². The Balaban J connectivity index is 1.54. The molecule has 0 unspecified atom stereocenters. The number of nitrogens with zero attached hydrogens (tertiary/aromatic N) is 5. The average molecular weight is 465 g/mol. The Hall–Kier alpha value is -4.00. The predicted octanol–water partition coefficient (Wildman–Crippen LogP) is 5.08. The molecule has 0 saturated carbocycles. The van der Waals surface area contributed by atoms with Crippen LogP contribution in [0.25, 0.3) is 27.9 Å². The minimum atomic E-state index is -0.127. The van der Waals surface area contributed by atoms with Crippen LogP contribution in [-0.4, -0.2) is 37.7 Å². The van der Waals surface area contributed by atoms with E-state index < -0.39 is 0 Å². The maximum atomic E-state index is 13.9. The van der Waals surface area contributed by atoms with Crippen LogP contribution in [0.2, 0.25) is 0 Å². The Bertz CT molecular complexity index is 1580. The molecule has 1 atom stereocenters. The van der Waals surface area contributed by atoms with Crippen LogP contribution in [0.5, 0.6) is 0 Å². The molecule has 0 radical (unpaired) electrons. The average Bonchev–Trinajstić information content (AvgIpc) is 3.29. The van der Waals surface area contributed by atoms with Gasteiger partial charge in [0.2, 0.25) is 0 Å². The van der Waals surface area contributed by atoms with E-state index in [4.69, 9.17) is 5.10 Å². The highest BCUT2D eigenvalue weighted by Gasteiger charge is 2.26. The van der Waals surface area contributed by atoms with Crippen molar-refractivity contribution in [1.29, 1.82) is 0 Å². The standard InChI is InChI=1S/C28H28N6O/c1-18(21-11-12-22-23(17-21)30-14-13-29-22)24-19(2)31-27-26(33-15-7-4-8-16-33)25(32-34(27)28(24)35)20-9-5-3-6-10-20/h3,5-6,9-14,17-18,31H,4,7-8,15-16H2,1-2H3/t18-/m1/s1. The molecule has 7 heteroatoms. The fourth-order valence-corrected chi connectivity index (χ4v) is 5.32. The van der Waals surface area contributed by atoms with E-state index in [1.54, 1.807) is 16.9 Å². The van der Waals surface area contributed by atoms with Crippen LogP contribution >= 0.6 is 0 Å². The molecule has 1 N–H and O–H groups in total. The zero-order valence-electron chi connectivity index (χ0n) is 20.0. The summed E-state index contributed by atoms with van der Waals surface area (Å²) in [6, 6.07) is 16.2. The number of hydrogen-bond acceptors (Lipinski definition) is 5. The quantitative estimate of drug-likeness (QED) is 0.401. The molecular formula is C28H28N6O. The summed E-state index contributed by atoms with van der Waals surface area (Å²) >= 11 is 0. The van der Waals surface area contributed by atoms with Crippen molar-refractivity contribution in [3.63, 3.8) is 0 Å². The second kappa shape index (κ2) is 8.65. The van der Waals surface area contributed by atoms with Crippen LogP contribution in [0.3, 0.4) is 0 Å². The highest BCUT2D eigenvalue weighted by atomic mass is 16.1. The Morgan fingerprint density at radius 3 is 2.46 bits per heavy atom. The van der Waals surface area contributed by atoms with Crippen molar-refractivity contribution in [1.82, 2.24) is 24.6 Å². The number of aryl methyl sites for hydroxylation is 1. The van der Waals surface area contributed by atoms with Crippen LogP contribution in [0, 0.1) is 6.92 Å². The predicted molar refractivity (Wildman–Crippen MR) is 139 cm³/mol. The van der Waals surface area contributed by atoms with Gasteiger partial charge in [-0.2, -0.15) is 9.61 Å². The van der Waals surface area contributed by atoms with Crippen LogP contribution in [-0.2, 0) is 0 Å². The monoisotopic (exact) mass is 464 g/mol. The lowest BCUT2D eigenvalue weighted by Gasteiger charge is -2.28. The number of H-pyrrole nitrogens is 1. The first kappa shape index (κ1) is 21.5. The van der Waals surface area contributed by atoms with Crippen molar-refractivity contribution in [2.45, 2.75) is 39.0 Å². The smallest absolute Gasteiger partial charge is 0.278 e. The van der Waals surface area contributed by atoms with Crippen molar-refractivity contribution in [2.24, 2.45) is 0 Å². The van der Waals surface area contributed by atoms with Crippen molar-refractivity contribution in [3.8, 4) is 11.3 Å². The topological polar surface area (TPSA) is 79.2 Å². The highest BCUT2D eigenvalue weighted by Crippen LogP contribution is 2.35. The molecule has 1 aliphatic rings. The molecule has 176 valence electrons. The number of piperidine rings is 1. The normalized spacial score (nSPS) is 15.1. The summed E-state index contributed by atoms with van der Waals surface area (Å²) in [6.07, 6.45) is 6.92. The molecule has 1 fully saturated rings. The van der Waals surface area contributed by atoms with Gasteiger partial charge in [-0.15, -0.1) is 0 Å². The van der Waals surface area contributed by atoms with E-state index in [0.717, 1.165) is 70.8 Å². The molecule has 35 heavy (non-hydrogen) atoms. The van der Waals surface area contributed by atoms with E-state index in [0.29, 0.717) is 5.56 Å². The van der Waals surface area contributed by atoms with Crippen LogP contribution in [0.15, 0.2) is 65.7 Å². The Kier molecular flexibility index (Phi) is 5.32. The first-order valence-corrected chi connectivity index (χ1v) is 12.3. The highest BCUT2D eigenvalue weighted by molar-refractivity contribution is 5.86. The lowest BCUT2D eigenvalue weighted by Crippen LogP contribution is -2.30. The number of benzene rings is 2. The summed E-state index contributed by atoms with van der Waals surface area (Å²) in [5, 5.41) is 4.89. The van der Waals surface area contributed by atoms with Crippen molar-refractivity contribution in [2.75, 3.05) is 18.0 Å². The number of anilines is 1. The maximum Gasteiger partial charge on any atom is 0.278 e. The SMILES string of the molecule is Cc1[nH]c2c(N3CCCCC3)c(-c3ccccc3)nn2c(=O)c1[C@H](C)c1ccc2nccnc2c1. The number of hydrogen-bond donors (Lipinski definition) is 1. The molecule has 3 aromatic heterocycles. The summed E-state index contributed by atoms with van der Waals surface area (Å²) in [7, 11) is 0. The molecule has 0 aliphatic carbocycles. The molecule has 5 aromatic rings. The minimum Gasteiger partial charge on any atom is -0.367 e. The van der Waals surface area contributed by atoms with E-state index >= 15 is 0 Å². The minimum absolute atomic E-state index is 0.0802. The third-order valence-corrected chi connectivity index (χ3v) is 7.14. The first-order chi connectivity index (χ1) is 17.1. The van der Waals surface area contributed by atoms with Gasteiger partial charge < -0.3 is 9.88 Å². The Morgan fingerprint density at radius 2 is 1.69 bits per heavy atom. The molecule has 1 saturated heterocycles. The molecule has 6 rings (SSSR count). The number of fused-ring (bicyclic) bond motifs is 2. The van der Waals surface area contributed by atoms with Gasteiger partial charge in [-0.05, 0) is 43.9 Å². The van der Waals surface area contributed by atoms with Gasteiger partial charge in [-0.3, -0.25) is 14.8 Å². The summed E-state index contributed by atoms with van der Waals surface area (Å²) < 4.78 is 1.58. The molecule has 0 spiro atoms. The summed E-state index contributed by atoms with van der Waals surface area (Å²) in [6.45, 7) is 5.99. The molecule has 2 aromatic carbocycles. The first-order valence-electron chi connectivity index (χ1n) is 12.3. The van der Waals surface area contributed by atoms with Gasteiger partial charge >= 0.3 is 0 Å². The fraction of sp³-hybridized carbons (Fsp3) is 0.286. The molecular weight excluding hydrogens is 436 g/mol. The third kappa shape index (κ3) is 3.67. The number of aromatic nitrogens is 5. The van der Waals surface area contributed by atoms with E-state index in [-0.39, 0.29) is 11.5 Å². The molecule has 0 amide bonds. The molecule has 4 heterocycles. The van der Waals surface area contributed by atoms with E-state index in [2.05, 4.69) is 38.9 Å². The second-order valence-corrected chi connectivity index (χ2v) is 9.37. The van der Waals surface area contributed by atoms with E-state index in [1.807, 2.05) is 43.3 Å². The maximum absolute atomic E-state index is 13.9. The van der Waals surface area contributed by atoms with Crippen LogP contribution in [0.4, 0.5) is 5.69 Å². The van der Waals surface area contributed by atoms with Gasteiger partial charge in [0.25, 0.3) is 5.56 Å². The van der Waals surface area contributed by atoms with Crippen molar-refractivity contribution in [3.05, 3.63) is 88.1 Å².